The molecule has 0 bridgehead atoms. The molecule has 0 atom stereocenters. The summed E-state index contributed by atoms with van der Waals surface area (Å²) in [7, 11) is 1.96. The largest absolute Gasteiger partial charge is 0.507 e. The molecular weight excluding hydrogens is 310 g/mol. The van der Waals surface area contributed by atoms with Gasteiger partial charge in [0.15, 0.2) is 5.58 Å². The Morgan fingerprint density at radius 1 is 1.46 bits per heavy atom. The fourth-order valence-corrected chi connectivity index (χ4v) is 2.99. The van der Waals surface area contributed by atoms with Crippen LogP contribution in [-0.4, -0.2) is 35.7 Å². The molecule has 0 aliphatic carbocycles. The molecule has 0 radical (unpaired) electrons. The molecule has 3 rings (SSSR count). The van der Waals surface area contributed by atoms with Crippen LogP contribution in [0.5, 0.6) is 5.75 Å². The van der Waals surface area contributed by atoms with E-state index in [0.717, 1.165) is 23.9 Å². The number of likely N-dealkylation sites (N-methyl/N-ethyl adjacent to an activating group) is 1. The summed E-state index contributed by atoms with van der Waals surface area (Å²) < 4.78 is 5.49. The molecule has 0 spiro atoms. The minimum atomic E-state index is -0.401. The SMILES string of the molecule is CC(=O)N/N=C/c1c(O)c(C)cc2c3c(c(=O)oc12)CN(C)CC3. The van der Waals surface area contributed by atoms with Crippen molar-refractivity contribution in [3.8, 4) is 5.75 Å². The third kappa shape index (κ3) is 2.78. The summed E-state index contributed by atoms with van der Waals surface area (Å²) in [4.78, 5) is 25.4. The molecule has 1 amide bonds. The number of carbonyl (C=O) groups is 1. The van der Waals surface area contributed by atoms with Crippen LogP contribution in [0.3, 0.4) is 0 Å². The highest BCUT2D eigenvalue weighted by Gasteiger charge is 2.23. The first kappa shape index (κ1) is 16.2. The first-order chi connectivity index (χ1) is 11.4. The molecule has 24 heavy (non-hydrogen) atoms. The molecule has 1 aliphatic heterocycles. The highest BCUT2D eigenvalue weighted by molar-refractivity contribution is 6.01. The van der Waals surface area contributed by atoms with E-state index >= 15 is 0 Å². The molecule has 126 valence electrons. The fourth-order valence-electron chi connectivity index (χ4n) is 2.99. The molecule has 0 saturated carbocycles. The van der Waals surface area contributed by atoms with Crippen molar-refractivity contribution in [1.29, 1.82) is 0 Å². The number of nitrogens with zero attached hydrogens (tertiary/aromatic N) is 2. The van der Waals surface area contributed by atoms with Gasteiger partial charge in [-0.15, -0.1) is 0 Å². The number of aryl methyl sites for hydroxylation is 1. The number of phenolic OH excluding ortho intramolecular Hbond substituents is 1. The van der Waals surface area contributed by atoms with Gasteiger partial charge in [0, 0.05) is 25.4 Å². The molecule has 2 N–H and O–H groups in total. The van der Waals surface area contributed by atoms with E-state index in [1.165, 1.54) is 13.1 Å². The maximum atomic E-state index is 12.4. The number of carbonyl (C=O) groups excluding carboxylic acids is 1. The number of benzene rings is 1. The predicted octanol–water partition coefficient (Wildman–Crippen LogP) is 1.26. The second-order valence-electron chi connectivity index (χ2n) is 6.09. The Balaban J connectivity index is 2.27. The highest BCUT2D eigenvalue weighted by Crippen LogP contribution is 2.33. The van der Waals surface area contributed by atoms with Crippen molar-refractivity contribution >= 4 is 23.1 Å². The average molecular weight is 329 g/mol. The smallest absolute Gasteiger partial charge is 0.341 e. The van der Waals surface area contributed by atoms with E-state index in [-0.39, 0.29) is 17.2 Å². The molecule has 0 saturated heterocycles. The zero-order chi connectivity index (χ0) is 17.4. The first-order valence-corrected chi connectivity index (χ1v) is 7.67. The monoisotopic (exact) mass is 329 g/mol. The van der Waals surface area contributed by atoms with E-state index in [9.17, 15) is 14.7 Å². The van der Waals surface area contributed by atoms with Crippen LogP contribution in [0.2, 0.25) is 0 Å². The van der Waals surface area contributed by atoms with Crippen molar-refractivity contribution in [3.05, 3.63) is 38.7 Å². The Kier molecular flexibility index (Phi) is 4.11. The lowest BCUT2D eigenvalue weighted by molar-refractivity contribution is -0.118. The van der Waals surface area contributed by atoms with Gasteiger partial charge < -0.3 is 14.4 Å². The van der Waals surface area contributed by atoms with E-state index in [1.807, 2.05) is 13.1 Å². The zero-order valence-corrected chi connectivity index (χ0v) is 13.8. The van der Waals surface area contributed by atoms with E-state index in [2.05, 4.69) is 15.4 Å². The Bertz CT molecular complexity index is 914. The molecule has 2 heterocycles. The van der Waals surface area contributed by atoms with Gasteiger partial charge in [-0.2, -0.15) is 5.10 Å². The van der Waals surface area contributed by atoms with Crippen LogP contribution in [0.4, 0.5) is 0 Å². The second-order valence-corrected chi connectivity index (χ2v) is 6.09. The normalized spacial score (nSPS) is 15.0. The van der Waals surface area contributed by atoms with Crippen molar-refractivity contribution in [2.45, 2.75) is 26.8 Å². The van der Waals surface area contributed by atoms with Gasteiger partial charge in [0.25, 0.3) is 0 Å². The number of fused-ring (bicyclic) bond motifs is 3. The van der Waals surface area contributed by atoms with Gasteiger partial charge in [-0.05, 0) is 37.6 Å². The lowest BCUT2D eigenvalue weighted by Crippen LogP contribution is -2.31. The lowest BCUT2D eigenvalue weighted by Gasteiger charge is -2.25. The van der Waals surface area contributed by atoms with Crippen molar-refractivity contribution in [2.75, 3.05) is 13.6 Å². The Morgan fingerprint density at radius 3 is 2.92 bits per heavy atom. The number of hydrogen-bond acceptors (Lipinski definition) is 6. The third-order valence-corrected chi connectivity index (χ3v) is 4.20. The van der Waals surface area contributed by atoms with Gasteiger partial charge in [-0.3, -0.25) is 4.79 Å². The van der Waals surface area contributed by atoms with Crippen LogP contribution in [0.25, 0.3) is 11.0 Å². The summed E-state index contributed by atoms with van der Waals surface area (Å²) >= 11 is 0. The first-order valence-electron chi connectivity index (χ1n) is 7.67. The second kappa shape index (κ2) is 6.09. The summed E-state index contributed by atoms with van der Waals surface area (Å²) in [5, 5.41) is 14.9. The molecule has 0 fully saturated rings. The van der Waals surface area contributed by atoms with Gasteiger partial charge in [-0.1, -0.05) is 0 Å². The zero-order valence-electron chi connectivity index (χ0n) is 13.8. The molecule has 2 aromatic rings. The fraction of sp³-hybridized carbons (Fsp3) is 0.353. The number of amides is 1. The number of phenols is 1. The molecule has 0 unspecified atom stereocenters. The van der Waals surface area contributed by atoms with E-state index in [4.69, 9.17) is 4.42 Å². The number of rotatable bonds is 2. The number of aromatic hydroxyl groups is 1. The standard InChI is InChI=1S/C17H19N3O4/c1-9-6-12-11-4-5-20(3)8-14(11)17(23)24-16(12)13(15(9)22)7-18-19-10(2)21/h6-7,22H,4-5,8H2,1-3H3,(H,19,21)/b18-7+. The molecular formula is C17H19N3O4. The minimum Gasteiger partial charge on any atom is -0.507 e. The van der Waals surface area contributed by atoms with Crippen molar-refractivity contribution in [3.63, 3.8) is 0 Å². The molecule has 7 heteroatoms. The van der Waals surface area contributed by atoms with E-state index in [0.29, 0.717) is 23.3 Å². The molecule has 1 aliphatic rings. The molecule has 1 aromatic heterocycles. The number of nitrogens with one attached hydrogen (secondary N) is 1. The van der Waals surface area contributed by atoms with E-state index in [1.54, 1.807) is 6.92 Å². The van der Waals surface area contributed by atoms with Crippen molar-refractivity contribution in [2.24, 2.45) is 5.10 Å². The van der Waals surface area contributed by atoms with Crippen LogP contribution in [0.1, 0.15) is 29.2 Å². The van der Waals surface area contributed by atoms with Gasteiger partial charge in [0.2, 0.25) is 5.91 Å². The van der Waals surface area contributed by atoms with Crippen LogP contribution in [0.15, 0.2) is 20.4 Å². The van der Waals surface area contributed by atoms with E-state index < -0.39 is 5.63 Å². The van der Waals surface area contributed by atoms with Crippen LogP contribution >= 0.6 is 0 Å². The molecule has 1 aromatic carbocycles. The number of hydrogen-bond donors (Lipinski definition) is 2. The summed E-state index contributed by atoms with van der Waals surface area (Å²) in [5.74, 6) is -0.350. The van der Waals surface area contributed by atoms with Gasteiger partial charge >= 0.3 is 5.63 Å². The van der Waals surface area contributed by atoms with Crippen molar-refractivity contribution in [1.82, 2.24) is 10.3 Å². The maximum Gasteiger partial charge on any atom is 0.341 e. The van der Waals surface area contributed by atoms with Gasteiger partial charge in [0.05, 0.1) is 17.3 Å². The Morgan fingerprint density at radius 2 is 2.21 bits per heavy atom. The minimum absolute atomic E-state index is 0.0207. The van der Waals surface area contributed by atoms with Crippen LogP contribution in [0, 0.1) is 6.92 Å². The quantitative estimate of drug-likeness (QED) is 0.491. The Labute approximate surface area is 138 Å². The lowest BCUT2D eigenvalue weighted by atomic mass is 9.95. The molecule has 7 nitrogen and oxygen atoms in total. The van der Waals surface area contributed by atoms with Crippen molar-refractivity contribution < 1.29 is 14.3 Å². The van der Waals surface area contributed by atoms with Crippen LogP contribution < -0.4 is 11.1 Å². The highest BCUT2D eigenvalue weighted by atomic mass is 16.4. The maximum absolute atomic E-state index is 12.4. The topological polar surface area (TPSA) is 95.1 Å². The summed E-state index contributed by atoms with van der Waals surface area (Å²) in [5.41, 5.74) is 4.73. The third-order valence-electron chi connectivity index (χ3n) is 4.20. The summed E-state index contributed by atoms with van der Waals surface area (Å²) in [6.07, 6.45) is 2.04. The number of hydrazone groups is 1. The van der Waals surface area contributed by atoms with Gasteiger partial charge in [-0.25, -0.2) is 10.2 Å². The van der Waals surface area contributed by atoms with Crippen LogP contribution in [-0.2, 0) is 17.8 Å². The van der Waals surface area contributed by atoms with Gasteiger partial charge in [0.1, 0.15) is 5.75 Å². The summed E-state index contributed by atoms with van der Waals surface area (Å²) in [6.45, 7) is 4.50. The summed E-state index contributed by atoms with van der Waals surface area (Å²) in [6, 6.07) is 1.83. The predicted molar refractivity (Wildman–Crippen MR) is 90.3 cm³/mol. The average Bonchev–Trinajstić information content (AvgIpc) is 2.52. The Hall–Kier alpha value is -2.67.